The lowest BCUT2D eigenvalue weighted by molar-refractivity contribution is 0.111. The third-order valence-corrected chi connectivity index (χ3v) is 18.5. The van der Waals surface area contributed by atoms with E-state index in [4.69, 9.17) is 4.74 Å². The molecule has 5 rings (SSSR count). The maximum atomic E-state index is 12.4. The van der Waals surface area contributed by atoms with Gasteiger partial charge in [-0.05, 0) is 84.2 Å². The Kier molecular flexibility index (Phi) is 19.5. The molecule has 0 aliphatic heterocycles. The molecule has 0 radical (unpaired) electrons. The van der Waals surface area contributed by atoms with Crippen LogP contribution in [0.4, 0.5) is 0 Å². The smallest absolute Gasteiger partial charge is 0.160 e. The molecule has 0 spiro atoms. The molecule has 4 atom stereocenters. The Morgan fingerprint density at radius 2 is 1.00 bits per heavy atom. The van der Waals surface area contributed by atoms with Gasteiger partial charge in [0.2, 0.25) is 0 Å². The van der Waals surface area contributed by atoms with E-state index in [1.807, 2.05) is 28.7 Å². The fourth-order valence-electron chi connectivity index (χ4n) is 9.74. The molecule has 0 fully saturated rings. The number of carbonyl (C=O) groups excluding carboxylic acids is 2. The fraction of sp³-hybridized carbons (Fsp3) is 0.654. The van der Waals surface area contributed by atoms with Crippen LogP contribution in [-0.4, -0.2) is 19.2 Å². The molecule has 4 heterocycles. The predicted octanol–water partition coefficient (Wildman–Crippen LogP) is 18.1. The summed E-state index contributed by atoms with van der Waals surface area (Å²) in [6, 6.07) is 9.37. The van der Waals surface area contributed by atoms with Gasteiger partial charge in [0, 0.05) is 35.9 Å². The molecule has 4 unspecified atom stereocenters. The molecular formula is C52H76O3S4. The Balaban J connectivity index is 1.69. The second-order valence-corrected chi connectivity index (χ2v) is 22.1. The maximum Gasteiger partial charge on any atom is 0.160 e. The van der Waals surface area contributed by atoms with E-state index in [2.05, 4.69) is 73.6 Å². The quantitative estimate of drug-likeness (QED) is 0.0387. The summed E-state index contributed by atoms with van der Waals surface area (Å²) in [6.45, 7) is 19.4. The Bertz CT molecular complexity index is 1850. The van der Waals surface area contributed by atoms with Crippen LogP contribution < -0.4 is 4.74 Å². The van der Waals surface area contributed by atoms with E-state index in [0.717, 1.165) is 45.8 Å². The van der Waals surface area contributed by atoms with Crippen molar-refractivity contribution < 1.29 is 14.3 Å². The van der Waals surface area contributed by atoms with E-state index in [0.29, 0.717) is 30.3 Å². The number of carbonyl (C=O) groups is 2. The minimum absolute atomic E-state index is 0.0761. The maximum absolute atomic E-state index is 12.4. The third kappa shape index (κ3) is 11.7. The summed E-state index contributed by atoms with van der Waals surface area (Å²) in [5.41, 5.74) is 4.37. The monoisotopic (exact) mass is 876 g/mol. The standard InChI is InChI=1S/C52H76O3S4/c1-9-17-21-25-36(13-5)26-40-27-41(33-53)56-48(40)46-29-43-49(58-46)50-44(52(43,31-37(14-6)22-18-10-2)32-38(15-7)23-19-11-3)30-47(59-50)51-45(28-42(34-54)57-51)55-35-39(16-8)24-20-12-4/h27-30,33-34,36-39H,9-26,31-32,35H2,1-8H3. The number of fused-ring (bicyclic) bond motifs is 3. The molecule has 1 aliphatic carbocycles. The van der Waals surface area contributed by atoms with Gasteiger partial charge in [0.1, 0.15) is 5.75 Å². The van der Waals surface area contributed by atoms with Gasteiger partial charge < -0.3 is 4.74 Å². The summed E-state index contributed by atoms with van der Waals surface area (Å²) in [4.78, 5) is 34.2. The lowest BCUT2D eigenvalue weighted by Crippen LogP contribution is -2.31. The van der Waals surface area contributed by atoms with Gasteiger partial charge in [0.05, 0.1) is 21.2 Å². The van der Waals surface area contributed by atoms with Crippen molar-refractivity contribution in [1.29, 1.82) is 0 Å². The highest BCUT2D eigenvalue weighted by Crippen LogP contribution is 2.64. The summed E-state index contributed by atoms with van der Waals surface area (Å²) in [5.74, 6) is 3.32. The average Bonchev–Trinajstić information content (AvgIpc) is 4.09. The normalized spacial score (nSPS) is 16.8. The van der Waals surface area contributed by atoms with E-state index < -0.39 is 0 Å². The number of unbranched alkanes of at least 4 members (excludes halogenated alkanes) is 5. The predicted molar refractivity (Wildman–Crippen MR) is 262 cm³/mol. The summed E-state index contributed by atoms with van der Waals surface area (Å²) in [6.07, 6.45) is 26.4. The Hall–Kier alpha value is -2.06. The lowest BCUT2D eigenvalue weighted by atomic mass is 9.65. The minimum atomic E-state index is -0.0761. The van der Waals surface area contributed by atoms with Crippen molar-refractivity contribution in [2.75, 3.05) is 6.61 Å². The van der Waals surface area contributed by atoms with Gasteiger partial charge in [-0.25, -0.2) is 0 Å². The molecule has 3 nitrogen and oxygen atoms in total. The summed E-state index contributed by atoms with van der Waals surface area (Å²) in [7, 11) is 0. The fourth-order valence-corrected chi connectivity index (χ4v) is 14.6. The van der Waals surface area contributed by atoms with Crippen LogP contribution in [0.15, 0.2) is 24.3 Å². The molecule has 326 valence electrons. The third-order valence-electron chi connectivity index (χ3n) is 13.6. The first-order valence-electron chi connectivity index (χ1n) is 23.9. The summed E-state index contributed by atoms with van der Waals surface area (Å²) in [5, 5.41) is 0. The number of ether oxygens (including phenoxy) is 1. The molecular weight excluding hydrogens is 801 g/mol. The largest absolute Gasteiger partial charge is 0.492 e. The molecule has 1 aliphatic rings. The molecule has 0 N–H and O–H groups in total. The van der Waals surface area contributed by atoms with Gasteiger partial charge in [-0.2, -0.15) is 0 Å². The first-order chi connectivity index (χ1) is 28.8. The molecule has 0 saturated heterocycles. The summed E-state index contributed by atoms with van der Waals surface area (Å²) < 4.78 is 6.69. The average molecular weight is 877 g/mol. The Morgan fingerprint density at radius 1 is 0.525 bits per heavy atom. The zero-order chi connectivity index (χ0) is 42.4. The van der Waals surface area contributed by atoms with Gasteiger partial charge >= 0.3 is 0 Å². The first-order valence-corrected chi connectivity index (χ1v) is 27.1. The highest BCUT2D eigenvalue weighted by molar-refractivity contribution is 7.29. The van der Waals surface area contributed by atoms with Crippen molar-refractivity contribution >= 4 is 57.9 Å². The molecule has 0 amide bonds. The summed E-state index contributed by atoms with van der Waals surface area (Å²) >= 11 is 7.24. The zero-order valence-electron chi connectivity index (χ0n) is 38.0. The molecule has 0 aromatic carbocycles. The van der Waals surface area contributed by atoms with Gasteiger partial charge in [-0.15, -0.1) is 45.3 Å². The Morgan fingerprint density at radius 3 is 1.51 bits per heavy atom. The number of rotatable bonds is 30. The van der Waals surface area contributed by atoms with E-state index >= 15 is 0 Å². The molecule has 59 heavy (non-hydrogen) atoms. The number of aldehydes is 2. The van der Waals surface area contributed by atoms with Crippen molar-refractivity contribution in [3.63, 3.8) is 0 Å². The van der Waals surface area contributed by atoms with Gasteiger partial charge in [-0.1, -0.05) is 158 Å². The van der Waals surface area contributed by atoms with Crippen molar-refractivity contribution in [2.45, 2.75) is 189 Å². The first kappa shape index (κ1) is 48.0. The Labute approximate surface area is 375 Å². The van der Waals surface area contributed by atoms with Crippen LogP contribution in [0.3, 0.4) is 0 Å². The SMILES string of the molecule is CCCCCC(CC)Cc1cc(C=O)sc1-c1cc2c(s1)-c1sc(-c3sc(C=O)cc3OCC(CC)CCCC)cc1C2(CC(CC)CCCC)CC(CC)CCCC. The van der Waals surface area contributed by atoms with E-state index in [1.54, 1.807) is 28.2 Å². The van der Waals surface area contributed by atoms with Crippen molar-refractivity contribution in [3.8, 4) is 35.0 Å². The minimum Gasteiger partial charge on any atom is -0.492 e. The van der Waals surface area contributed by atoms with Crippen molar-refractivity contribution in [1.82, 2.24) is 0 Å². The second-order valence-electron chi connectivity index (χ2n) is 17.8. The highest BCUT2D eigenvalue weighted by Gasteiger charge is 2.48. The van der Waals surface area contributed by atoms with Crippen LogP contribution in [0.25, 0.3) is 29.3 Å². The molecule has 0 bridgehead atoms. The van der Waals surface area contributed by atoms with Crippen LogP contribution in [0.2, 0.25) is 0 Å². The van der Waals surface area contributed by atoms with Crippen LogP contribution in [-0.2, 0) is 11.8 Å². The molecule has 7 heteroatoms. The van der Waals surface area contributed by atoms with E-state index in [9.17, 15) is 9.59 Å². The van der Waals surface area contributed by atoms with Crippen molar-refractivity contribution in [2.24, 2.45) is 23.7 Å². The van der Waals surface area contributed by atoms with Crippen LogP contribution in [0, 0.1) is 23.7 Å². The number of thiophene rings is 4. The number of hydrogen-bond acceptors (Lipinski definition) is 7. The second kappa shape index (κ2) is 24.0. The van der Waals surface area contributed by atoms with E-state index in [1.165, 1.54) is 151 Å². The highest BCUT2D eigenvalue weighted by atomic mass is 32.1. The lowest BCUT2D eigenvalue weighted by Gasteiger charge is -2.37. The van der Waals surface area contributed by atoms with Gasteiger partial charge in [0.15, 0.2) is 12.6 Å². The number of hydrogen-bond donors (Lipinski definition) is 0. The van der Waals surface area contributed by atoms with Crippen LogP contribution in [0.5, 0.6) is 5.75 Å². The van der Waals surface area contributed by atoms with Gasteiger partial charge in [0.25, 0.3) is 0 Å². The van der Waals surface area contributed by atoms with Gasteiger partial charge in [-0.3, -0.25) is 9.59 Å². The van der Waals surface area contributed by atoms with Crippen LogP contribution in [0.1, 0.15) is 213 Å². The molecule has 4 aromatic heterocycles. The van der Waals surface area contributed by atoms with E-state index in [-0.39, 0.29) is 5.41 Å². The molecule has 4 aromatic rings. The van der Waals surface area contributed by atoms with Crippen molar-refractivity contribution in [3.05, 3.63) is 50.7 Å². The topological polar surface area (TPSA) is 43.4 Å². The zero-order valence-corrected chi connectivity index (χ0v) is 41.2. The molecule has 0 saturated carbocycles. The van der Waals surface area contributed by atoms with Crippen LogP contribution >= 0.6 is 45.3 Å².